The molecule has 1 atom stereocenters. The van der Waals surface area contributed by atoms with Gasteiger partial charge in [0.2, 0.25) is 0 Å². The fourth-order valence-corrected chi connectivity index (χ4v) is 3.04. The molecule has 1 aliphatic rings. The number of nitrogens with one attached hydrogen (secondary N) is 2. The Morgan fingerprint density at radius 2 is 1.93 bits per heavy atom. The average molecular weight is 380 g/mol. The number of ether oxygens (including phenoxy) is 1. The van der Waals surface area contributed by atoms with E-state index in [9.17, 15) is 23.1 Å². The lowest BCUT2D eigenvalue weighted by molar-refractivity contribution is -0.274. The van der Waals surface area contributed by atoms with Crippen molar-refractivity contribution in [3.05, 3.63) is 59.2 Å². The molecule has 3 N–H and O–H groups in total. The summed E-state index contributed by atoms with van der Waals surface area (Å²) in [6.45, 7) is 0.149. The minimum absolute atomic E-state index is 0.149. The summed E-state index contributed by atoms with van der Waals surface area (Å²) in [4.78, 5) is 12.1. The van der Waals surface area contributed by atoms with Gasteiger partial charge in [0, 0.05) is 18.7 Å². The molecule has 0 fully saturated rings. The van der Waals surface area contributed by atoms with Crippen molar-refractivity contribution in [3.63, 3.8) is 0 Å². The number of halogens is 3. The third kappa shape index (κ3) is 5.37. The minimum Gasteiger partial charge on any atom is -0.406 e. The molecule has 0 radical (unpaired) electrons. The van der Waals surface area contributed by atoms with Crippen molar-refractivity contribution in [1.82, 2.24) is 5.32 Å². The van der Waals surface area contributed by atoms with E-state index in [1.54, 1.807) is 6.07 Å². The summed E-state index contributed by atoms with van der Waals surface area (Å²) in [5.41, 5.74) is 3.32. The van der Waals surface area contributed by atoms with Gasteiger partial charge < -0.3 is 20.5 Å². The molecule has 2 aromatic rings. The van der Waals surface area contributed by atoms with E-state index in [1.165, 1.54) is 24.3 Å². The van der Waals surface area contributed by atoms with Crippen LogP contribution in [-0.4, -0.2) is 23.6 Å². The van der Waals surface area contributed by atoms with Crippen LogP contribution in [0.2, 0.25) is 0 Å². The van der Waals surface area contributed by atoms with E-state index in [0.717, 1.165) is 17.5 Å². The smallest absolute Gasteiger partial charge is 0.406 e. The molecule has 1 aliphatic carbocycles. The van der Waals surface area contributed by atoms with Crippen LogP contribution in [0, 0.1) is 0 Å². The quantitative estimate of drug-likeness (QED) is 0.757. The number of amides is 2. The zero-order valence-electron chi connectivity index (χ0n) is 14.3. The fourth-order valence-electron chi connectivity index (χ4n) is 3.04. The second kappa shape index (κ2) is 7.87. The summed E-state index contributed by atoms with van der Waals surface area (Å²) in [7, 11) is 0. The lowest BCUT2D eigenvalue weighted by atomic mass is 9.88. The van der Waals surface area contributed by atoms with Gasteiger partial charge in [0.15, 0.2) is 0 Å². The molecule has 2 aromatic carbocycles. The van der Waals surface area contributed by atoms with Crippen LogP contribution in [0.25, 0.3) is 0 Å². The summed E-state index contributed by atoms with van der Waals surface area (Å²) in [6.07, 6.45) is -3.19. The van der Waals surface area contributed by atoms with Gasteiger partial charge in [0.1, 0.15) is 5.75 Å². The third-order valence-electron chi connectivity index (χ3n) is 4.32. The first-order chi connectivity index (χ1) is 12.8. The van der Waals surface area contributed by atoms with Crippen molar-refractivity contribution in [3.8, 4) is 5.75 Å². The SMILES string of the molecule is O=C(NCc1ccc(OC(F)(F)F)cc1)Nc1cccc2c1C[C@@H](O)CC2. The number of benzene rings is 2. The third-order valence-corrected chi connectivity index (χ3v) is 4.32. The maximum atomic E-state index is 12.1. The number of aryl methyl sites for hydroxylation is 1. The first-order valence-electron chi connectivity index (χ1n) is 8.48. The Bertz CT molecular complexity index is 807. The Morgan fingerprint density at radius 3 is 2.63 bits per heavy atom. The van der Waals surface area contributed by atoms with Gasteiger partial charge in [-0.15, -0.1) is 13.2 Å². The molecule has 0 saturated carbocycles. The van der Waals surface area contributed by atoms with E-state index in [-0.39, 0.29) is 12.3 Å². The van der Waals surface area contributed by atoms with Crippen LogP contribution >= 0.6 is 0 Å². The van der Waals surface area contributed by atoms with Crippen molar-refractivity contribution in [1.29, 1.82) is 0 Å². The number of hydrogen-bond acceptors (Lipinski definition) is 3. The fraction of sp³-hybridized carbons (Fsp3) is 0.316. The second-order valence-electron chi connectivity index (χ2n) is 6.34. The standard InChI is InChI=1S/C19H19F3N2O3/c20-19(21,22)27-15-8-4-12(5-9-15)11-23-18(26)24-17-3-1-2-13-6-7-14(25)10-16(13)17/h1-5,8-9,14,25H,6-7,10-11H2,(H2,23,24,26)/t14-/m0/s1. The first kappa shape index (κ1) is 19.0. The molecular formula is C19H19F3N2O3. The molecule has 0 unspecified atom stereocenters. The van der Waals surface area contributed by atoms with Gasteiger partial charge in [-0.3, -0.25) is 0 Å². The van der Waals surface area contributed by atoms with Gasteiger partial charge in [-0.2, -0.15) is 0 Å². The Morgan fingerprint density at radius 1 is 1.19 bits per heavy atom. The zero-order valence-corrected chi connectivity index (χ0v) is 14.3. The van der Waals surface area contributed by atoms with Crippen molar-refractivity contribution in [2.45, 2.75) is 38.3 Å². The molecule has 2 amide bonds. The van der Waals surface area contributed by atoms with Crippen molar-refractivity contribution >= 4 is 11.7 Å². The highest BCUT2D eigenvalue weighted by atomic mass is 19.4. The minimum atomic E-state index is -4.73. The summed E-state index contributed by atoms with van der Waals surface area (Å²) in [6, 6.07) is 10.5. The first-order valence-corrected chi connectivity index (χ1v) is 8.48. The van der Waals surface area contributed by atoms with Crippen LogP contribution in [0.5, 0.6) is 5.75 Å². The van der Waals surface area contributed by atoms with E-state index >= 15 is 0 Å². The summed E-state index contributed by atoms with van der Waals surface area (Å²) in [5.74, 6) is -0.315. The van der Waals surface area contributed by atoms with Crippen LogP contribution in [0.15, 0.2) is 42.5 Å². The Balaban J connectivity index is 1.56. The van der Waals surface area contributed by atoms with E-state index in [4.69, 9.17) is 0 Å². The molecule has 5 nitrogen and oxygen atoms in total. The van der Waals surface area contributed by atoms with Gasteiger partial charge in [0.25, 0.3) is 0 Å². The molecule has 144 valence electrons. The maximum Gasteiger partial charge on any atom is 0.573 e. The predicted molar refractivity (Wildman–Crippen MR) is 93.5 cm³/mol. The predicted octanol–water partition coefficient (Wildman–Crippen LogP) is 3.76. The van der Waals surface area contributed by atoms with Gasteiger partial charge in [-0.1, -0.05) is 24.3 Å². The molecule has 27 heavy (non-hydrogen) atoms. The average Bonchev–Trinajstić information content (AvgIpc) is 2.60. The van der Waals surface area contributed by atoms with Gasteiger partial charge in [-0.05, 0) is 47.7 Å². The van der Waals surface area contributed by atoms with Crippen molar-refractivity contribution in [2.75, 3.05) is 5.32 Å². The van der Waals surface area contributed by atoms with Crippen molar-refractivity contribution < 1.29 is 27.8 Å². The van der Waals surface area contributed by atoms with Gasteiger partial charge >= 0.3 is 12.4 Å². The molecule has 0 bridgehead atoms. The Kier molecular flexibility index (Phi) is 5.55. The van der Waals surface area contributed by atoms with Gasteiger partial charge in [0.05, 0.1) is 6.10 Å². The number of alkyl halides is 3. The van der Waals surface area contributed by atoms with Crippen LogP contribution in [0.1, 0.15) is 23.1 Å². The number of rotatable bonds is 4. The second-order valence-corrected chi connectivity index (χ2v) is 6.34. The lowest BCUT2D eigenvalue weighted by Gasteiger charge is -2.23. The molecule has 0 heterocycles. The molecule has 0 saturated heterocycles. The topological polar surface area (TPSA) is 70.6 Å². The summed E-state index contributed by atoms with van der Waals surface area (Å²) >= 11 is 0. The van der Waals surface area contributed by atoms with E-state index < -0.39 is 18.5 Å². The van der Waals surface area contributed by atoms with Crippen LogP contribution in [-0.2, 0) is 19.4 Å². The number of hydrogen-bond donors (Lipinski definition) is 3. The normalized spacial score (nSPS) is 16.4. The molecule has 0 aliphatic heterocycles. The highest BCUT2D eigenvalue weighted by Gasteiger charge is 2.30. The molecular weight excluding hydrogens is 361 g/mol. The van der Waals surface area contributed by atoms with Crippen LogP contribution in [0.3, 0.4) is 0 Å². The van der Waals surface area contributed by atoms with Gasteiger partial charge in [-0.25, -0.2) is 4.79 Å². The molecule has 0 spiro atoms. The highest BCUT2D eigenvalue weighted by molar-refractivity contribution is 5.90. The van der Waals surface area contributed by atoms with E-state index in [2.05, 4.69) is 15.4 Å². The number of urea groups is 1. The molecule has 8 heteroatoms. The summed E-state index contributed by atoms with van der Waals surface area (Å²) in [5, 5.41) is 15.3. The Labute approximate surface area is 154 Å². The van der Waals surface area contributed by atoms with E-state index in [0.29, 0.717) is 24.1 Å². The number of carbonyl (C=O) groups is 1. The zero-order chi connectivity index (χ0) is 19.4. The number of anilines is 1. The highest BCUT2D eigenvalue weighted by Crippen LogP contribution is 2.28. The lowest BCUT2D eigenvalue weighted by Crippen LogP contribution is -2.29. The maximum absolute atomic E-state index is 12.1. The monoisotopic (exact) mass is 380 g/mol. The number of fused-ring (bicyclic) bond motifs is 1. The number of aliphatic hydroxyl groups excluding tert-OH is 1. The number of carbonyl (C=O) groups excluding carboxylic acids is 1. The Hall–Kier alpha value is -2.74. The molecule has 0 aromatic heterocycles. The number of aliphatic hydroxyl groups is 1. The van der Waals surface area contributed by atoms with Crippen LogP contribution < -0.4 is 15.4 Å². The summed E-state index contributed by atoms with van der Waals surface area (Å²) < 4.78 is 40.2. The van der Waals surface area contributed by atoms with Crippen LogP contribution in [0.4, 0.5) is 23.7 Å². The van der Waals surface area contributed by atoms with Crippen molar-refractivity contribution in [2.24, 2.45) is 0 Å². The van der Waals surface area contributed by atoms with E-state index in [1.807, 2.05) is 12.1 Å². The largest absolute Gasteiger partial charge is 0.573 e. The molecule has 3 rings (SSSR count).